The van der Waals surface area contributed by atoms with Crippen molar-refractivity contribution < 1.29 is 0 Å². The van der Waals surface area contributed by atoms with Crippen LogP contribution in [-0.2, 0) is 13.0 Å². The lowest BCUT2D eigenvalue weighted by Gasteiger charge is -2.13. The summed E-state index contributed by atoms with van der Waals surface area (Å²) in [6.45, 7) is 9.14. The first-order valence-electron chi connectivity index (χ1n) is 6.72. The molecule has 0 aliphatic carbocycles. The number of benzene rings is 1. The first-order valence-corrected chi connectivity index (χ1v) is 6.72. The quantitative estimate of drug-likeness (QED) is 0.822. The molecule has 0 aliphatic rings. The highest BCUT2D eigenvalue weighted by Gasteiger charge is 1.96. The average Bonchev–Trinajstić information content (AvgIpc) is 2.41. The topological polar surface area (TPSA) is 29.3 Å². The Morgan fingerprint density at radius 1 is 1.06 bits per heavy atom. The van der Waals surface area contributed by atoms with Crippen LogP contribution >= 0.6 is 0 Å². The third-order valence-corrected chi connectivity index (χ3v) is 2.80. The first-order chi connectivity index (χ1) is 8.26. The van der Waals surface area contributed by atoms with Crippen LogP contribution in [0.1, 0.15) is 38.3 Å². The van der Waals surface area contributed by atoms with Gasteiger partial charge in [0.25, 0.3) is 0 Å². The van der Waals surface area contributed by atoms with Crippen molar-refractivity contribution in [2.24, 2.45) is 5.73 Å². The van der Waals surface area contributed by atoms with E-state index in [4.69, 9.17) is 5.73 Å². The average molecular weight is 236 g/mol. The zero-order valence-electron chi connectivity index (χ0n) is 11.9. The second kappa shape index (κ2) is 10.3. The molecule has 0 radical (unpaired) electrons. The van der Waals surface area contributed by atoms with E-state index in [2.05, 4.69) is 43.1 Å². The summed E-state index contributed by atoms with van der Waals surface area (Å²) in [6, 6.07) is 8.63. The van der Waals surface area contributed by atoms with E-state index in [1.165, 1.54) is 24.1 Å². The minimum absolute atomic E-state index is 0.638. The molecule has 17 heavy (non-hydrogen) atoms. The van der Waals surface area contributed by atoms with E-state index < -0.39 is 0 Å². The van der Waals surface area contributed by atoms with Crippen LogP contribution in [0.2, 0.25) is 0 Å². The van der Waals surface area contributed by atoms with Gasteiger partial charge in [-0.1, -0.05) is 45.0 Å². The lowest BCUT2D eigenvalue weighted by Crippen LogP contribution is -2.19. The number of nitrogens with zero attached hydrogens (tertiary/aromatic N) is 1. The molecule has 0 saturated heterocycles. The molecule has 0 atom stereocenters. The molecule has 0 bridgehead atoms. The van der Waals surface area contributed by atoms with Gasteiger partial charge in [-0.25, -0.2) is 0 Å². The van der Waals surface area contributed by atoms with Gasteiger partial charge in [0, 0.05) is 6.54 Å². The lowest BCUT2D eigenvalue weighted by molar-refractivity contribution is 0.347. The fourth-order valence-corrected chi connectivity index (χ4v) is 1.55. The van der Waals surface area contributed by atoms with Crippen molar-refractivity contribution in [1.29, 1.82) is 0 Å². The van der Waals surface area contributed by atoms with E-state index in [0.717, 1.165) is 13.0 Å². The van der Waals surface area contributed by atoms with Crippen molar-refractivity contribution in [1.82, 2.24) is 4.90 Å². The highest BCUT2D eigenvalue weighted by molar-refractivity contribution is 5.22. The number of rotatable bonds is 6. The highest BCUT2D eigenvalue weighted by Crippen LogP contribution is 2.06. The van der Waals surface area contributed by atoms with Crippen molar-refractivity contribution >= 4 is 0 Å². The van der Waals surface area contributed by atoms with Crippen molar-refractivity contribution in [2.75, 3.05) is 20.1 Å². The minimum Gasteiger partial charge on any atom is -0.326 e. The molecule has 0 saturated carbocycles. The van der Waals surface area contributed by atoms with Gasteiger partial charge in [0.1, 0.15) is 0 Å². The van der Waals surface area contributed by atoms with Gasteiger partial charge in [-0.05, 0) is 44.1 Å². The number of nitrogens with two attached hydrogens (primary N) is 1. The van der Waals surface area contributed by atoms with E-state index in [9.17, 15) is 0 Å². The first kappa shape index (κ1) is 16.1. The van der Waals surface area contributed by atoms with E-state index in [1.54, 1.807) is 0 Å². The maximum atomic E-state index is 5.55. The van der Waals surface area contributed by atoms with Crippen LogP contribution in [0.25, 0.3) is 0 Å². The third-order valence-electron chi connectivity index (χ3n) is 2.80. The number of hydrogen-bond acceptors (Lipinski definition) is 2. The Labute approximate surface area is 107 Å². The van der Waals surface area contributed by atoms with E-state index in [0.29, 0.717) is 6.54 Å². The fourth-order valence-electron chi connectivity index (χ4n) is 1.55. The van der Waals surface area contributed by atoms with Gasteiger partial charge < -0.3 is 10.6 Å². The van der Waals surface area contributed by atoms with Gasteiger partial charge in [-0.3, -0.25) is 0 Å². The Kier molecular flexibility index (Phi) is 9.78. The Hall–Kier alpha value is -0.860. The second-order valence-electron chi connectivity index (χ2n) is 4.02. The Morgan fingerprint density at radius 3 is 2.06 bits per heavy atom. The molecule has 0 heterocycles. The molecule has 0 aromatic heterocycles. The summed E-state index contributed by atoms with van der Waals surface area (Å²) in [5, 5.41) is 0. The molecule has 2 heteroatoms. The third kappa shape index (κ3) is 7.14. The van der Waals surface area contributed by atoms with Crippen molar-refractivity contribution in [3.05, 3.63) is 35.4 Å². The Balaban J connectivity index is 0.00000121. The number of hydrogen-bond donors (Lipinski definition) is 1. The van der Waals surface area contributed by atoms with Gasteiger partial charge in [-0.2, -0.15) is 0 Å². The molecule has 0 amide bonds. The van der Waals surface area contributed by atoms with E-state index in [-0.39, 0.29) is 0 Å². The Bertz CT molecular complexity index is 267. The van der Waals surface area contributed by atoms with Gasteiger partial charge in [0.2, 0.25) is 0 Å². The predicted molar refractivity (Wildman–Crippen MR) is 77.2 cm³/mol. The van der Waals surface area contributed by atoms with Gasteiger partial charge >= 0.3 is 0 Å². The van der Waals surface area contributed by atoms with Crippen LogP contribution in [0, 0.1) is 0 Å². The SMILES string of the molecule is CC.CCN(C)CCCc1ccc(CN)cc1. The van der Waals surface area contributed by atoms with Gasteiger partial charge in [0.15, 0.2) is 0 Å². The van der Waals surface area contributed by atoms with Gasteiger partial charge in [-0.15, -0.1) is 0 Å². The molecular formula is C15H28N2. The van der Waals surface area contributed by atoms with Crippen molar-refractivity contribution in [3.8, 4) is 0 Å². The molecule has 1 aromatic rings. The van der Waals surface area contributed by atoms with Crippen LogP contribution in [0.3, 0.4) is 0 Å². The molecule has 0 fully saturated rings. The lowest BCUT2D eigenvalue weighted by atomic mass is 10.1. The van der Waals surface area contributed by atoms with Gasteiger partial charge in [0.05, 0.1) is 0 Å². The zero-order chi connectivity index (χ0) is 13.1. The minimum atomic E-state index is 0.638. The standard InChI is InChI=1S/C13H22N2.C2H6/c1-3-15(2)10-4-5-12-6-8-13(11-14)9-7-12;1-2/h6-9H,3-5,10-11,14H2,1-2H3;1-2H3. The predicted octanol–water partition coefficient (Wildman–Crippen LogP) is 3.06. The van der Waals surface area contributed by atoms with Crippen LogP contribution < -0.4 is 5.73 Å². The second-order valence-corrected chi connectivity index (χ2v) is 4.02. The summed E-state index contributed by atoms with van der Waals surface area (Å²) in [5.41, 5.74) is 8.18. The summed E-state index contributed by atoms with van der Waals surface area (Å²) in [6.07, 6.45) is 2.39. The molecule has 0 spiro atoms. The summed E-state index contributed by atoms with van der Waals surface area (Å²) in [5.74, 6) is 0. The summed E-state index contributed by atoms with van der Waals surface area (Å²) >= 11 is 0. The van der Waals surface area contributed by atoms with E-state index in [1.807, 2.05) is 13.8 Å². The molecule has 2 N–H and O–H groups in total. The van der Waals surface area contributed by atoms with Crippen molar-refractivity contribution in [3.63, 3.8) is 0 Å². The number of aryl methyl sites for hydroxylation is 1. The largest absolute Gasteiger partial charge is 0.326 e. The highest BCUT2D eigenvalue weighted by atomic mass is 15.1. The molecule has 1 rings (SSSR count). The maximum Gasteiger partial charge on any atom is 0.0178 e. The van der Waals surface area contributed by atoms with E-state index >= 15 is 0 Å². The van der Waals surface area contributed by atoms with Crippen LogP contribution in [0.15, 0.2) is 24.3 Å². The van der Waals surface area contributed by atoms with Crippen molar-refractivity contribution in [2.45, 2.75) is 40.2 Å². The summed E-state index contributed by atoms with van der Waals surface area (Å²) < 4.78 is 0. The molecule has 98 valence electrons. The molecule has 0 unspecified atom stereocenters. The van der Waals surface area contributed by atoms with Crippen LogP contribution in [0.5, 0.6) is 0 Å². The van der Waals surface area contributed by atoms with Crippen LogP contribution in [-0.4, -0.2) is 25.0 Å². The van der Waals surface area contributed by atoms with Crippen LogP contribution in [0.4, 0.5) is 0 Å². The normalized spacial score (nSPS) is 10.0. The molecule has 0 aliphatic heterocycles. The Morgan fingerprint density at radius 2 is 1.59 bits per heavy atom. The summed E-state index contributed by atoms with van der Waals surface area (Å²) in [7, 11) is 2.16. The monoisotopic (exact) mass is 236 g/mol. The molecule has 1 aromatic carbocycles. The zero-order valence-corrected chi connectivity index (χ0v) is 11.9. The smallest absolute Gasteiger partial charge is 0.0178 e. The maximum absolute atomic E-state index is 5.55. The fraction of sp³-hybridized carbons (Fsp3) is 0.600. The summed E-state index contributed by atoms with van der Waals surface area (Å²) in [4.78, 5) is 2.34. The molecular weight excluding hydrogens is 208 g/mol. The molecule has 2 nitrogen and oxygen atoms in total.